The first-order chi connectivity index (χ1) is 19.3. The van der Waals surface area contributed by atoms with Gasteiger partial charge < -0.3 is 19.3 Å². The molecule has 1 atom stereocenters. The SMILES string of the molecule is C=CC(C1=CC(=O)C(OC)=CC1=O)c1ccccc1.COc1cc(O)c(C(=O)C=Cc2ccccc2)c(OC)c1. The van der Waals surface area contributed by atoms with E-state index in [1.54, 1.807) is 18.2 Å². The lowest BCUT2D eigenvalue weighted by Crippen LogP contribution is -2.18. The van der Waals surface area contributed by atoms with Crippen LogP contribution in [0.5, 0.6) is 17.2 Å². The third-order valence-corrected chi connectivity index (χ3v) is 6.01. The molecule has 3 aromatic rings. The van der Waals surface area contributed by atoms with E-state index < -0.39 is 0 Å². The highest BCUT2D eigenvalue weighted by Crippen LogP contribution is 2.34. The number of ether oxygens (including phenoxy) is 3. The Bertz CT molecular complexity index is 1470. The quantitative estimate of drug-likeness (QED) is 0.157. The molecule has 40 heavy (non-hydrogen) atoms. The molecular formula is C33H30O7. The Labute approximate surface area is 233 Å². The number of rotatable bonds is 9. The average molecular weight is 539 g/mol. The number of allylic oxidation sites excluding steroid dienone is 5. The largest absolute Gasteiger partial charge is 0.507 e. The molecule has 0 fully saturated rings. The topological polar surface area (TPSA) is 99.1 Å². The van der Waals surface area contributed by atoms with E-state index in [4.69, 9.17) is 14.2 Å². The Kier molecular flexibility index (Phi) is 10.4. The molecule has 0 saturated heterocycles. The van der Waals surface area contributed by atoms with Crippen molar-refractivity contribution >= 4 is 23.4 Å². The first kappa shape index (κ1) is 29.4. The number of benzene rings is 3. The molecule has 0 aliphatic heterocycles. The predicted molar refractivity (Wildman–Crippen MR) is 154 cm³/mol. The number of ketones is 3. The number of hydrogen-bond acceptors (Lipinski definition) is 7. The van der Waals surface area contributed by atoms with Gasteiger partial charge in [0.15, 0.2) is 17.3 Å². The summed E-state index contributed by atoms with van der Waals surface area (Å²) in [6, 6.07) is 21.9. The van der Waals surface area contributed by atoms with Gasteiger partial charge in [-0.15, -0.1) is 6.58 Å². The van der Waals surface area contributed by atoms with Crippen molar-refractivity contribution in [2.75, 3.05) is 21.3 Å². The van der Waals surface area contributed by atoms with Crippen LogP contribution in [-0.4, -0.2) is 43.8 Å². The normalized spacial score (nSPS) is 13.4. The molecule has 1 N–H and O–H groups in total. The maximum Gasteiger partial charge on any atom is 0.220 e. The van der Waals surface area contributed by atoms with Gasteiger partial charge in [0.05, 0.1) is 21.3 Å². The van der Waals surface area contributed by atoms with Crippen LogP contribution >= 0.6 is 0 Å². The monoisotopic (exact) mass is 538 g/mol. The third-order valence-electron chi connectivity index (χ3n) is 6.01. The van der Waals surface area contributed by atoms with E-state index in [9.17, 15) is 19.5 Å². The van der Waals surface area contributed by atoms with Crippen LogP contribution in [0.25, 0.3) is 6.08 Å². The number of methoxy groups -OCH3 is 3. The van der Waals surface area contributed by atoms with Crippen molar-refractivity contribution in [2.45, 2.75) is 5.92 Å². The van der Waals surface area contributed by atoms with Gasteiger partial charge in [-0.2, -0.15) is 0 Å². The molecule has 0 heterocycles. The fourth-order valence-electron chi connectivity index (χ4n) is 3.98. The lowest BCUT2D eigenvalue weighted by atomic mass is 9.85. The number of phenolic OH excluding ortho intramolecular Hbond substituents is 1. The Morgan fingerprint density at radius 3 is 2.08 bits per heavy atom. The number of carbonyl (C=O) groups excluding carboxylic acids is 3. The molecule has 1 aliphatic carbocycles. The van der Waals surface area contributed by atoms with Crippen LogP contribution in [0.1, 0.15) is 27.4 Å². The van der Waals surface area contributed by atoms with Crippen LogP contribution in [0.15, 0.2) is 115 Å². The molecule has 7 nitrogen and oxygen atoms in total. The van der Waals surface area contributed by atoms with Crippen molar-refractivity contribution in [1.29, 1.82) is 0 Å². The van der Waals surface area contributed by atoms with Crippen LogP contribution in [-0.2, 0) is 14.3 Å². The molecule has 0 saturated carbocycles. The third kappa shape index (κ3) is 7.23. The maximum atomic E-state index is 12.3. The Morgan fingerprint density at radius 1 is 0.850 bits per heavy atom. The number of phenols is 1. The van der Waals surface area contributed by atoms with E-state index in [0.29, 0.717) is 11.3 Å². The summed E-state index contributed by atoms with van der Waals surface area (Å²) < 4.78 is 15.0. The Morgan fingerprint density at radius 2 is 1.50 bits per heavy atom. The van der Waals surface area contributed by atoms with Gasteiger partial charge in [0.1, 0.15) is 22.8 Å². The number of carbonyl (C=O) groups is 3. The molecule has 1 unspecified atom stereocenters. The van der Waals surface area contributed by atoms with E-state index in [2.05, 4.69) is 6.58 Å². The number of hydrogen-bond donors (Lipinski definition) is 1. The summed E-state index contributed by atoms with van der Waals surface area (Å²) in [7, 11) is 4.29. The fraction of sp³-hybridized carbons (Fsp3) is 0.121. The minimum atomic E-state index is -0.337. The average Bonchev–Trinajstić information content (AvgIpc) is 2.98. The summed E-state index contributed by atoms with van der Waals surface area (Å²) in [5.74, 6) is -0.533. The van der Waals surface area contributed by atoms with Crippen molar-refractivity contribution in [1.82, 2.24) is 0 Å². The van der Waals surface area contributed by atoms with Crippen molar-refractivity contribution in [3.8, 4) is 17.2 Å². The zero-order chi connectivity index (χ0) is 29.1. The second-order valence-corrected chi connectivity index (χ2v) is 8.50. The van der Waals surface area contributed by atoms with Crippen LogP contribution in [0.2, 0.25) is 0 Å². The highest BCUT2D eigenvalue weighted by molar-refractivity contribution is 6.19. The van der Waals surface area contributed by atoms with Gasteiger partial charge in [-0.25, -0.2) is 0 Å². The summed E-state index contributed by atoms with van der Waals surface area (Å²) in [5.41, 5.74) is 2.37. The standard InChI is InChI=1S/C17H16O4.C16H14O3/c1-20-13-10-15(19)17(16(11-13)21-2)14(18)9-8-12-6-4-3-5-7-12;1-3-12(11-7-5-4-6-8-11)13-9-15(18)16(19-2)10-14(13)17/h3-11,19H,1-2H3;3-10,12H,1H2,2H3. The van der Waals surface area contributed by atoms with E-state index in [0.717, 1.165) is 11.1 Å². The molecule has 7 heteroatoms. The van der Waals surface area contributed by atoms with E-state index >= 15 is 0 Å². The lowest BCUT2D eigenvalue weighted by molar-refractivity contribution is -0.117. The van der Waals surface area contributed by atoms with Gasteiger partial charge in [-0.3, -0.25) is 14.4 Å². The highest BCUT2D eigenvalue weighted by atomic mass is 16.5. The van der Waals surface area contributed by atoms with Crippen LogP contribution in [0, 0.1) is 0 Å². The van der Waals surface area contributed by atoms with Gasteiger partial charge >= 0.3 is 0 Å². The van der Waals surface area contributed by atoms with Crippen molar-refractivity contribution in [2.24, 2.45) is 0 Å². The molecule has 3 aromatic carbocycles. The summed E-state index contributed by atoms with van der Waals surface area (Å²) in [6.45, 7) is 3.75. The fourth-order valence-corrected chi connectivity index (χ4v) is 3.98. The van der Waals surface area contributed by atoms with Gasteiger partial charge in [0, 0.05) is 29.7 Å². The van der Waals surface area contributed by atoms with E-state index in [1.807, 2.05) is 60.7 Å². The zero-order valence-corrected chi connectivity index (χ0v) is 22.5. The molecule has 0 spiro atoms. The van der Waals surface area contributed by atoms with Gasteiger partial charge in [0.2, 0.25) is 5.78 Å². The first-order valence-electron chi connectivity index (χ1n) is 12.3. The first-order valence-corrected chi connectivity index (χ1v) is 12.3. The second-order valence-electron chi connectivity index (χ2n) is 8.50. The summed E-state index contributed by atoms with van der Waals surface area (Å²) >= 11 is 0. The molecule has 1 aliphatic rings. The summed E-state index contributed by atoms with van der Waals surface area (Å²) in [6.07, 6.45) is 7.32. The molecule has 4 rings (SSSR count). The van der Waals surface area contributed by atoms with Crippen LogP contribution in [0.4, 0.5) is 0 Å². The minimum absolute atomic E-state index is 0.0737. The smallest absolute Gasteiger partial charge is 0.220 e. The molecule has 0 aromatic heterocycles. The summed E-state index contributed by atoms with van der Waals surface area (Å²) in [5, 5.41) is 9.99. The molecular weight excluding hydrogens is 508 g/mol. The molecule has 204 valence electrons. The second kappa shape index (κ2) is 14.1. The van der Waals surface area contributed by atoms with Gasteiger partial charge in [0.25, 0.3) is 0 Å². The maximum absolute atomic E-state index is 12.3. The van der Waals surface area contributed by atoms with E-state index in [-0.39, 0.29) is 46.1 Å². The van der Waals surface area contributed by atoms with Crippen LogP contribution < -0.4 is 9.47 Å². The highest BCUT2D eigenvalue weighted by Gasteiger charge is 2.26. The van der Waals surface area contributed by atoms with E-state index in [1.165, 1.54) is 45.6 Å². The molecule has 0 amide bonds. The van der Waals surface area contributed by atoms with Crippen molar-refractivity contribution in [3.05, 3.63) is 132 Å². The Hall–Kier alpha value is -5.17. The van der Waals surface area contributed by atoms with Crippen molar-refractivity contribution in [3.63, 3.8) is 0 Å². The Balaban J connectivity index is 0.000000222. The van der Waals surface area contributed by atoms with Gasteiger partial charge in [-0.1, -0.05) is 72.8 Å². The number of aromatic hydroxyl groups is 1. The van der Waals surface area contributed by atoms with Crippen LogP contribution in [0.3, 0.4) is 0 Å². The zero-order valence-electron chi connectivity index (χ0n) is 22.5. The van der Waals surface area contributed by atoms with Crippen molar-refractivity contribution < 1.29 is 33.7 Å². The molecule has 0 radical (unpaired) electrons. The predicted octanol–water partition coefficient (Wildman–Crippen LogP) is 5.87. The molecule has 0 bridgehead atoms. The summed E-state index contributed by atoms with van der Waals surface area (Å²) in [4.78, 5) is 36.1. The van der Waals surface area contributed by atoms with Gasteiger partial charge in [-0.05, 0) is 23.3 Å². The lowest BCUT2D eigenvalue weighted by Gasteiger charge is -2.18. The minimum Gasteiger partial charge on any atom is -0.507 e.